The maximum Gasteiger partial charge on any atom is 0.407 e. The number of piperazine rings is 1. The van der Waals surface area contributed by atoms with Crippen molar-refractivity contribution in [3.63, 3.8) is 0 Å². The quantitative estimate of drug-likeness (QED) is 0.702. The number of carboxylic acid groups (broad SMARTS) is 1. The molecule has 7 nitrogen and oxygen atoms in total. The van der Waals surface area contributed by atoms with Crippen molar-refractivity contribution in [2.45, 2.75) is 6.04 Å². The summed E-state index contributed by atoms with van der Waals surface area (Å²) in [5, 5.41) is 10.7. The van der Waals surface area contributed by atoms with Gasteiger partial charge in [-0.3, -0.25) is 9.78 Å². The zero-order valence-electron chi connectivity index (χ0n) is 13.2. The summed E-state index contributed by atoms with van der Waals surface area (Å²) in [7, 11) is 1.69. The Balaban J connectivity index is 1.91. The molecule has 4 rings (SSSR count). The number of carbonyl (C=O) groups is 2. The molecule has 1 atom stereocenters. The lowest BCUT2D eigenvalue weighted by Crippen LogP contribution is -2.62. The molecule has 0 bridgehead atoms. The summed E-state index contributed by atoms with van der Waals surface area (Å²) >= 11 is 9.68. The Labute approximate surface area is 156 Å². The molecule has 1 saturated heterocycles. The fourth-order valence-electron chi connectivity index (χ4n) is 3.49. The van der Waals surface area contributed by atoms with Gasteiger partial charge in [0.25, 0.3) is 5.91 Å². The molecule has 1 N–H and O–H groups in total. The van der Waals surface area contributed by atoms with Crippen molar-refractivity contribution < 1.29 is 14.7 Å². The number of fused-ring (bicyclic) bond motifs is 5. The first kappa shape index (κ1) is 16.4. The van der Waals surface area contributed by atoms with Gasteiger partial charge >= 0.3 is 6.09 Å². The zero-order valence-corrected chi connectivity index (χ0v) is 15.6. The maximum atomic E-state index is 12.8. The number of amides is 2. The molecule has 0 saturated carbocycles. The van der Waals surface area contributed by atoms with E-state index in [4.69, 9.17) is 11.6 Å². The third kappa shape index (κ3) is 2.43. The average Bonchev–Trinajstić information content (AvgIpc) is 2.59. The van der Waals surface area contributed by atoms with E-state index in [0.717, 1.165) is 21.1 Å². The molecule has 25 heavy (non-hydrogen) atoms. The summed E-state index contributed by atoms with van der Waals surface area (Å²) in [6.45, 7) is 0.929. The van der Waals surface area contributed by atoms with Crippen molar-refractivity contribution in [3.05, 3.63) is 27.8 Å². The predicted molar refractivity (Wildman–Crippen MR) is 98.6 cm³/mol. The van der Waals surface area contributed by atoms with Crippen molar-refractivity contribution in [3.8, 4) is 0 Å². The third-order valence-electron chi connectivity index (χ3n) is 4.78. The molecule has 1 aromatic carbocycles. The first-order valence-corrected chi connectivity index (χ1v) is 8.85. The molecule has 2 aliphatic rings. The van der Waals surface area contributed by atoms with E-state index in [1.807, 2.05) is 17.0 Å². The van der Waals surface area contributed by atoms with Gasteiger partial charge in [-0.25, -0.2) is 4.79 Å². The van der Waals surface area contributed by atoms with Crippen molar-refractivity contribution in [1.82, 2.24) is 9.88 Å². The Morgan fingerprint density at radius 1 is 1.40 bits per heavy atom. The smallest absolute Gasteiger partial charge is 0.407 e. The minimum Gasteiger partial charge on any atom is -0.465 e. The second-order valence-corrected chi connectivity index (χ2v) is 7.37. The van der Waals surface area contributed by atoms with Crippen molar-refractivity contribution in [1.29, 1.82) is 0 Å². The van der Waals surface area contributed by atoms with Crippen LogP contribution in [0.4, 0.5) is 16.2 Å². The number of anilines is 2. The van der Waals surface area contributed by atoms with Gasteiger partial charge in [0.05, 0.1) is 34.7 Å². The van der Waals surface area contributed by atoms with Crippen LogP contribution in [-0.2, 0) is 4.79 Å². The second kappa shape index (κ2) is 5.74. The highest BCUT2D eigenvalue weighted by Gasteiger charge is 2.42. The SMILES string of the molecule is CN1C(=O)C2CN(C(=O)O)CCN2c2c1cnc1cc(Br)c(Cl)cc21. The Bertz CT molecular complexity index is 922. The number of halogens is 2. The van der Waals surface area contributed by atoms with Crippen LogP contribution in [0.2, 0.25) is 5.02 Å². The Morgan fingerprint density at radius 2 is 2.16 bits per heavy atom. The van der Waals surface area contributed by atoms with Gasteiger partial charge in [-0.05, 0) is 28.1 Å². The number of nitrogens with zero attached hydrogens (tertiary/aromatic N) is 4. The number of carbonyl (C=O) groups excluding carboxylic acids is 1. The van der Waals surface area contributed by atoms with E-state index in [0.29, 0.717) is 23.8 Å². The molecule has 0 aliphatic carbocycles. The highest BCUT2D eigenvalue weighted by Crippen LogP contribution is 2.43. The number of hydrogen-bond acceptors (Lipinski definition) is 4. The minimum atomic E-state index is -1.01. The molecule has 9 heteroatoms. The summed E-state index contributed by atoms with van der Waals surface area (Å²) in [5.74, 6) is -0.136. The van der Waals surface area contributed by atoms with E-state index in [2.05, 4.69) is 20.9 Å². The van der Waals surface area contributed by atoms with E-state index in [1.54, 1.807) is 18.1 Å². The molecule has 1 fully saturated rings. The molecule has 130 valence electrons. The van der Waals surface area contributed by atoms with Crippen LogP contribution in [0.25, 0.3) is 10.9 Å². The lowest BCUT2D eigenvalue weighted by molar-refractivity contribution is -0.120. The van der Waals surface area contributed by atoms with Gasteiger partial charge in [0.15, 0.2) is 0 Å². The average molecular weight is 426 g/mol. The van der Waals surface area contributed by atoms with E-state index in [-0.39, 0.29) is 12.5 Å². The predicted octanol–water partition coefficient (Wildman–Crippen LogP) is 2.80. The van der Waals surface area contributed by atoms with Crippen LogP contribution in [0.3, 0.4) is 0 Å². The molecule has 2 aliphatic heterocycles. The summed E-state index contributed by atoms with van der Waals surface area (Å²) in [5.41, 5.74) is 2.34. The normalized spacial score (nSPS) is 19.9. The van der Waals surface area contributed by atoms with Crippen LogP contribution in [-0.4, -0.2) is 59.7 Å². The maximum absolute atomic E-state index is 12.8. The van der Waals surface area contributed by atoms with Gasteiger partial charge < -0.3 is 19.8 Å². The summed E-state index contributed by atoms with van der Waals surface area (Å²) in [4.78, 5) is 33.3. The van der Waals surface area contributed by atoms with E-state index in [9.17, 15) is 14.7 Å². The topological polar surface area (TPSA) is 77.0 Å². The molecular formula is C16H14BrClN4O3. The summed E-state index contributed by atoms with van der Waals surface area (Å²) < 4.78 is 0.751. The largest absolute Gasteiger partial charge is 0.465 e. The van der Waals surface area contributed by atoms with E-state index in [1.165, 1.54) is 4.90 Å². The van der Waals surface area contributed by atoms with Crippen LogP contribution < -0.4 is 9.80 Å². The highest BCUT2D eigenvalue weighted by atomic mass is 79.9. The molecule has 2 amide bonds. The Hall–Kier alpha value is -2.06. The van der Waals surface area contributed by atoms with Crippen LogP contribution >= 0.6 is 27.5 Å². The summed E-state index contributed by atoms with van der Waals surface area (Å²) in [6.07, 6.45) is 0.669. The molecule has 1 aromatic heterocycles. The highest BCUT2D eigenvalue weighted by molar-refractivity contribution is 9.10. The Morgan fingerprint density at radius 3 is 2.88 bits per heavy atom. The van der Waals surface area contributed by atoms with Crippen LogP contribution in [0.5, 0.6) is 0 Å². The van der Waals surface area contributed by atoms with Gasteiger partial charge in [0.2, 0.25) is 0 Å². The summed E-state index contributed by atoms with van der Waals surface area (Å²) in [6, 6.07) is 3.13. The fourth-order valence-corrected chi connectivity index (χ4v) is 3.98. The molecule has 3 heterocycles. The second-order valence-electron chi connectivity index (χ2n) is 6.11. The molecule has 2 aromatic rings. The number of aromatic nitrogens is 1. The van der Waals surface area contributed by atoms with Crippen LogP contribution in [0.15, 0.2) is 22.8 Å². The Kier molecular flexibility index (Phi) is 3.77. The number of hydrogen-bond donors (Lipinski definition) is 1. The van der Waals surface area contributed by atoms with Crippen molar-refractivity contribution in [2.24, 2.45) is 0 Å². The number of rotatable bonds is 0. The molecule has 0 radical (unpaired) electrons. The minimum absolute atomic E-state index is 0.136. The first-order chi connectivity index (χ1) is 11.9. The van der Waals surface area contributed by atoms with E-state index >= 15 is 0 Å². The zero-order chi connectivity index (χ0) is 17.9. The lowest BCUT2D eigenvalue weighted by Gasteiger charge is -2.46. The lowest BCUT2D eigenvalue weighted by atomic mass is 10.0. The van der Waals surface area contributed by atoms with Gasteiger partial charge in [0, 0.05) is 30.0 Å². The van der Waals surface area contributed by atoms with Gasteiger partial charge in [-0.2, -0.15) is 0 Å². The van der Waals surface area contributed by atoms with E-state index < -0.39 is 12.1 Å². The van der Waals surface area contributed by atoms with Crippen LogP contribution in [0, 0.1) is 0 Å². The van der Waals surface area contributed by atoms with Gasteiger partial charge in [0.1, 0.15) is 6.04 Å². The number of pyridine rings is 1. The monoisotopic (exact) mass is 424 g/mol. The molecule has 0 spiro atoms. The van der Waals surface area contributed by atoms with Crippen molar-refractivity contribution >= 4 is 61.8 Å². The molecule has 1 unspecified atom stereocenters. The fraction of sp³-hybridized carbons (Fsp3) is 0.312. The first-order valence-electron chi connectivity index (χ1n) is 7.68. The van der Waals surface area contributed by atoms with Gasteiger partial charge in [-0.1, -0.05) is 11.6 Å². The standard InChI is InChI=1S/C16H14BrClN4O3/c1-20-12-6-19-11-5-9(17)10(18)4-8(11)14(12)22-3-2-21(16(24)25)7-13(22)15(20)23/h4-6,13H,2-3,7H2,1H3,(H,24,25). The number of likely N-dealkylation sites (N-methyl/N-ethyl adjacent to an activating group) is 1. The third-order valence-corrected chi connectivity index (χ3v) is 5.97. The van der Waals surface area contributed by atoms with Gasteiger partial charge in [-0.15, -0.1) is 0 Å². The number of benzene rings is 1. The molecular weight excluding hydrogens is 412 g/mol. The van der Waals surface area contributed by atoms with Crippen molar-refractivity contribution in [2.75, 3.05) is 36.5 Å². The van der Waals surface area contributed by atoms with Crippen LogP contribution in [0.1, 0.15) is 0 Å².